The molecular formula is C33H34N4O6S. The summed E-state index contributed by atoms with van der Waals surface area (Å²) in [5.74, 6) is 0.194. The van der Waals surface area contributed by atoms with Crippen LogP contribution in [-0.2, 0) is 19.6 Å². The number of hydrogen-bond donors (Lipinski definition) is 2. The van der Waals surface area contributed by atoms with Crippen LogP contribution in [-0.4, -0.2) is 46.2 Å². The van der Waals surface area contributed by atoms with Crippen molar-refractivity contribution in [1.82, 2.24) is 10.7 Å². The first-order valence-corrected chi connectivity index (χ1v) is 15.4. The van der Waals surface area contributed by atoms with Gasteiger partial charge in [0, 0.05) is 0 Å². The number of ether oxygens (including phenoxy) is 2. The second kappa shape index (κ2) is 15.4. The van der Waals surface area contributed by atoms with E-state index >= 15 is 0 Å². The minimum absolute atomic E-state index is 0.0516. The molecule has 0 heterocycles. The molecule has 1 atom stereocenters. The van der Waals surface area contributed by atoms with E-state index in [2.05, 4.69) is 15.8 Å². The van der Waals surface area contributed by atoms with Crippen LogP contribution in [0, 0.1) is 0 Å². The first-order valence-electron chi connectivity index (χ1n) is 14.0. The van der Waals surface area contributed by atoms with Crippen molar-refractivity contribution in [2.75, 3.05) is 24.1 Å². The van der Waals surface area contributed by atoms with Crippen molar-refractivity contribution in [3.63, 3.8) is 0 Å². The molecule has 0 aliphatic rings. The maximum atomic E-state index is 13.5. The molecule has 0 saturated heterocycles. The second-order valence-electron chi connectivity index (χ2n) is 9.60. The van der Waals surface area contributed by atoms with Crippen LogP contribution in [0.5, 0.6) is 11.5 Å². The Morgan fingerprint density at radius 3 is 2.05 bits per heavy atom. The number of carbonyl (C=O) groups excluding carboxylic acids is 2. The third kappa shape index (κ3) is 8.92. The quantitative estimate of drug-likeness (QED) is 0.157. The van der Waals surface area contributed by atoms with Crippen molar-refractivity contribution >= 4 is 33.7 Å². The molecular weight excluding hydrogens is 580 g/mol. The second-order valence-corrected chi connectivity index (χ2v) is 11.5. The molecule has 228 valence electrons. The highest BCUT2D eigenvalue weighted by Crippen LogP contribution is 2.26. The molecule has 0 spiro atoms. The molecule has 4 aromatic carbocycles. The predicted molar refractivity (Wildman–Crippen MR) is 169 cm³/mol. The highest BCUT2D eigenvalue weighted by Gasteiger charge is 2.27. The van der Waals surface area contributed by atoms with E-state index in [-0.39, 0.29) is 23.5 Å². The van der Waals surface area contributed by atoms with Gasteiger partial charge in [-0.1, -0.05) is 48.5 Å². The number of sulfonamides is 1. The Kier molecular flexibility index (Phi) is 11.1. The lowest BCUT2D eigenvalue weighted by Crippen LogP contribution is -2.39. The third-order valence-corrected chi connectivity index (χ3v) is 8.17. The van der Waals surface area contributed by atoms with Crippen LogP contribution in [0.1, 0.15) is 31.0 Å². The fourth-order valence-electron chi connectivity index (χ4n) is 4.16. The zero-order valence-corrected chi connectivity index (χ0v) is 25.2. The van der Waals surface area contributed by atoms with E-state index in [1.54, 1.807) is 66.7 Å². The molecule has 4 rings (SSSR count). The van der Waals surface area contributed by atoms with E-state index in [1.807, 2.05) is 44.2 Å². The van der Waals surface area contributed by atoms with Crippen LogP contribution in [0.4, 0.5) is 5.69 Å². The fraction of sp³-hybridized carbons (Fsp3) is 0.182. The molecule has 0 aromatic heterocycles. The SMILES string of the molecule is CCOc1ccc(N(CC(=O)N/N=C\c2ccc(OCC(=O)N[C@H](C)c3ccccc3)cc2)S(=O)(=O)c2ccccc2)cc1. The van der Waals surface area contributed by atoms with Crippen LogP contribution >= 0.6 is 0 Å². The largest absolute Gasteiger partial charge is 0.494 e. The lowest BCUT2D eigenvalue weighted by atomic mass is 10.1. The number of nitrogens with zero attached hydrogens (tertiary/aromatic N) is 2. The van der Waals surface area contributed by atoms with Crippen molar-refractivity contribution in [2.24, 2.45) is 5.10 Å². The molecule has 2 amide bonds. The zero-order chi connectivity index (χ0) is 31.4. The van der Waals surface area contributed by atoms with Gasteiger partial charge >= 0.3 is 0 Å². The van der Waals surface area contributed by atoms with Gasteiger partial charge in [0.05, 0.1) is 29.4 Å². The highest BCUT2D eigenvalue weighted by atomic mass is 32.2. The summed E-state index contributed by atoms with van der Waals surface area (Å²) in [4.78, 5) is 25.2. The van der Waals surface area contributed by atoms with E-state index in [0.29, 0.717) is 29.4 Å². The molecule has 2 N–H and O–H groups in total. The average Bonchev–Trinajstić information content (AvgIpc) is 3.04. The van der Waals surface area contributed by atoms with Gasteiger partial charge in [-0.2, -0.15) is 5.10 Å². The van der Waals surface area contributed by atoms with Crippen molar-refractivity contribution in [1.29, 1.82) is 0 Å². The first-order chi connectivity index (χ1) is 21.3. The number of anilines is 1. The number of hydrazone groups is 1. The van der Waals surface area contributed by atoms with Crippen molar-refractivity contribution in [3.8, 4) is 11.5 Å². The number of carbonyl (C=O) groups is 2. The number of benzene rings is 4. The molecule has 44 heavy (non-hydrogen) atoms. The monoisotopic (exact) mass is 614 g/mol. The highest BCUT2D eigenvalue weighted by molar-refractivity contribution is 7.92. The third-order valence-electron chi connectivity index (χ3n) is 6.38. The minimum Gasteiger partial charge on any atom is -0.494 e. The Bertz CT molecular complexity index is 1650. The number of amides is 2. The smallest absolute Gasteiger partial charge is 0.264 e. The standard InChI is InChI=1S/C33H34N4O6S/c1-3-42-29-20-16-28(17-21-29)37(44(40,41)31-12-8-5-9-13-31)23-32(38)36-34-22-26-14-18-30(19-15-26)43-24-33(39)35-25(2)27-10-6-4-7-11-27/h4-22,25H,3,23-24H2,1-2H3,(H,35,39)(H,36,38)/b34-22-/t25-/m1/s1. The Labute approximate surface area is 257 Å². The first kappa shape index (κ1) is 31.8. The van der Waals surface area contributed by atoms with Crippen LogP contribution in [0.2, 0.25) is 0 Å². The Hall–Kier alpha value is -5.16. The van der Waals surface area contributed by atoms with Gasteiger partial charge in [0.1, 0.15) is 18.0 Å². The number of hydrogen-bond acceptors (Lipinski definition) is 7. The minimum atomic E-state index is -4.05. The normalized spacial score (nSPS) is 11.9. The van der Waals surface area contributed by atoms with E-state index < -0.39 is 22.5 Å². The summed E-state index contributed by atoms with van der Waals surface area (Å²) in [6.07, 6.45) is 1.42. The van der Waals surface area contributed by atoms with Crippen LogP contribution in [0.15, 0.2) is 119 Å². The van der Waals surface area contributed by atoms with Crippen LogP contribution < -0.4 is 24.5 Å². The van der Waals surface area contributed by atoms with E-state index in [4.69, 9.17) is 9.47 Å². The lowest BCUT2D eigenvalue weighted by Gasteiger charge is -2.24. The summed E-state index contributed by atoms with van der Waals surface area (Å²) in [6.45, 7) is 3.58. The van der Waals surface area contributed by atoms with Gasteiger partial charge in [-0.3, -0.25) is 13.9 Å². The summed E-state index contributed by atoms with van der Waals surface area (Å²) in [5, 5.41) is 6.87. The topological polar surface area (TPSA) is 126 Å². The maximum Gasteiger partial charge on any atom is 0.264 e. The van der Waals surface area contributed by atoms with Gasteiger partial charge in [-0.15, -0.1) is 0 Å². The van der Waals surface area contributed by atoms with E-state index in [1.165, 1.54) is 18.3 Å². The molecule has 11 heteroatoms. The molecule has 0 fully saturated rings. The Balaban J connectivity index is 1.33. The van der Waals surface area contributed by atoms with E-state index in [0.717, 1.165) is 9.87 Å². The molecule has 4 aromatic rings. The summed E-state index contributed by atoms with van der Waals surface area (Å²) in [6, 6.07) is 30.6. The molecule has 0 aliphatic heterocycles. The molecule has 0 unspecified atom stereocenters. The van der Waals surface area contributed by atoms with Gasteiger partial charge in [0.25, 0.3) is 21.8 Å². The van der Waals surface area contributed by atoms with Crippen molar-refractivity contribution in [3.05, 3.63) is 120 Å². The molecule has 0 bridgehead atoms. The van der Waals surface area contributed by atoms with Crippen LogP contribution in [0.3, 0.4) is 0 Å². The van der Waals surface area contributed by atoms with Gasteiger partial charge in [-0.25, -0.2) is 13.8 Å². The number of rotatable bonds is 14. The van der Waals surface area contributed by atoms with Gasteiger partial charge in [-0.05, 0) is 85.6 Å². The molecule has 0 radical (unpaired) electrons. The van der Waals surface area contributed by atoms with Crippen molar-refractivity contribution in [2.45, 2.75) is 24.8 Å². The molecule has 0 saturated carbocycles. The molecule has 10 nitrogen and oxygen atoms in total. The van der Waals surface area contributed by atoms with Crippen molar-refractivity contribution < 1.29 is 27.5 Å². The van der Waals surface area contributed by atoms with Gasteiger partial charge in [0.15, 0.2) is 6.61 Å². The van der Waals surface area contributed by atoms with Gasteiger partial charge in [0.2, 0.25) is 0 Å². The maximum absolute atomic E-state index is 13.5. The Morgan fingerprint density at radius 1 is 0.818 bits per heavy atom. The zero-order valence-electron chi connectivity index (χ0n) is 24.4. The number of nitrogens with one attached hydrogen (secondary N) is 2. The summed E-state index contributed by atoms with van der Waals surface area (Å²) < 4.78 is 39.0. The summed E-state index contributed by atoms with van der Waals surface area (Å²) >= 11 is 0. The van der Waals surface area contributed by atoms with Crippen LogP contribution in [0.25, 0.3) is 0 Å². The summed E-state index contributed by atoms with van der Waals surface area (Å²) in [5.41, 5.74) is 4.34. The average molecular weight is 615 g/mol. The van der Waals surface area contributed by atoms with Gasteiger partial charge < -0.3 is 14.8 Å². The predicted octanol–water partition coefficient (Wildman–Crippen LogP) is 4.69. The van der Waals surface area contributed by atoms with E-state index in [9.17, 15) is 18.0 Å². The fourth-order valence-corrected chi connectivity index (χ4v) is 5.60. The Morgan fingerprint density at radius 2 is 1.41 bits per heavy atom. The summed E-state index contributed by atoms with van der Waals surface area (Å²) in [7, 11) is -4.05. The molecule has 0 aliphatic carbocycles. The lowest BCUT2D eigenvalue weighted by molar-refractivity contribution is -0.123.